The molecule has 2 aromatic carbocycles. The van der Waals surface area contributed by atoms with Gasteiger partial charge in [-0.05, 0) is 42.0 Å². The summed E-state index contributed by atoms with van der Waals surface area (Å²) in [5.41, 5.74) is 2.44. The van der Waals surface area contributed by atoms with Gasteiger partial charge < -0.3 is 14.3 Å². The van der Waals surface area contributed by atoms with E-state index in [2.05, 4.69) is 15.3 Å². The molecule has 0 bridgehead atoms. The number of hydrogen-bond acceptors (Lipinski definition) is 6. The van der Waals surface area contributed by atoms with E-state index in [1.54, 1.807) is 24.4 Å². The molecule has 188 valence electrons. The van der Waals surface area contributed by atoms with Crippen LogP contribution in [0.15, 0.2) is 82.6 Å². The predicted octanol–water partition coefficient (Wildman–Crippen LogP) is 4.36. The molecule has 3 aromatic heterocycles. The van der Waals surface area contributed by atoms with Gasteiger partial charge in [-0.25, -0.2) is 22.2 Å². The molecule has 0 radical (unpaired) electrons. The molecule has 1 amide bonds. The first-order valence-corrected chi connectivity index (χ1v) is 13.0. The van der Waals surface area contributed by atoms with Crippen LogP contribution in [0.3, 0.4) is 0 Å². The number of rotatable bonds is 7. The van der Waals surface area contributed by atoms with E-state index in [0.717, 1.165) is 23.4 Å². The number of amides is 1. The highest BCUT2D eigenvalue weighted by molar-refractivity contribution is 7.90. The normalized spacial score (nSPS) is 11.6. The van der Waals surface area contributed by atoms with Crippen molar-refractivity contribution in [3.63, 3.8) is 0 Å². The summed E-state index contributed by atoms with van der Waals surface area (Å²) >= 11 is 0. The van der Waals surface area contributed by atoms with Crippen LogP contribution in [-0.2, 0) is 27.7 Å². The highest BCUT2D eigenvalue weighted by atomic mass is 32.2. The molecule has 0 aliphatic carbocycles. The van der Waals surface area contributed by atoms with Gasteiger partial charge in [0.15, 0.2) is 15.7 Å². The molecule has 0 fully saturated rings. The van der Waals surface area contributed by atoms with E-state index in [4.69, 9.17) is 4.42 Å². The summed E-state index contributed by atoms with van der Waals surface area (Å²) < 4.78 is 58.8. The van der Waals surface area contributed by atoms with Crippen LogP contribution in [0.2, 0.25) is 0 Å². The van der Waals surface area contributed by atoms with Crippen molar-refractivity contribution in [1.82, 2.24) is 19.9 Å². The van der Waals surface area contributed by atoms with Gasteiger partial charge >= 0.3 is 0 Å². The molecule has 1 N–H and O–H groups in total. The molecular formula is C26H20F2N4O4S. The number of carbonyl (C=O) groups excluding carboxylic acids is 1. The number of nitrogens with one attached hydrogen (secondary N) is 1. The van der Waals surface area contributed by atoms with Crippen LogP contribution in [0.1, 0.15) is 5.69 Å². The first-order chi connectivity index (χ1) is 17.7. The van der Waals surface area contributed by atoms with Crippen molar-refractivity contribution in [3.8, 4) is 22.7 Å². The topological polar surface area (TPSA) is 107 Å². The second kappa shape index (κ2) is 9.58. The molecule has 0 unspecified atom stereocenters. The standard InChI is InChI=1S/C26H20F2N4O4S/c1-37(34,35)20-7-3-16(4-8-20)17-2-6-19(30-13-17)14-31-23(33)15-32-22-9-5-18(27)12-21(22)24(28)25(32)26-29-10-11-36-26/h2-13H,14-15H2,1H3,(H,31,33). The fraction of sp³-hybridized carbons (Fsp3) is 0.115. The highest BCUT2D eigenvalue weighted by Gasteiger charge is 2.23. The molecule has 3 heterocycles. The monoisotopic (exact) mass is 522 g/mol. The largest absolute Gasteiger partial charge is 0.443 e. The Hall–Kier alpha value is -4.38. The minimum absolute atomic E-state index is 0.0165. The minimum atomic E-state index is -3.28. The molecule has 0 aliphatic rings. The van der Waals surface area contributed by atoms with E-state index >= 15 is 4.39 Å². The van der Waals surface area contributed by atoms with Crippen LogP contribution in [0.5, 0.6) is 0 Å². The lowest BCUT2D eigenvalue weighted by molar-refractivity contribution is -0.121. The summed E-state index contributed by atoms with van der Waals surface area (Å²) in [6.07, 6.45) is 5.41. The van der Waals surface area contributed by atoms with Crippen molar-refractivity contribution in [3.05, 3.63) is 90.6 Å². The first-order valence-electron chi connectivity index (χ1n) is 11.1. The maximum atomic E-state index is 15.1. The molecule has 11 heteroatoms. The SMILES string of the molecule is CS(=O)(=O)c1ccc(-c2ccc(CNC(=O)Cn3c(-c4ncco4)c(F)c4cc(F)ccc43)nc2)cc1. The van der Waals surface area contributed by atoms with E-state index in [1.807, 2.05) is 6.07 Å². The zero-order chi connectivity index (χ0) is 26.2. The van der Waals surface area contributed by atoms with Gasteiger partial charge in [0.2, 0.25) is 11.8 Å². The molecule has 5 aromatic rings. The van der Waals surface area contributed by atoms with Crippen LogP contribution in [0, 0.1) is 11.6 Å². The number of halogens is 2. The van der Waals surface area contributed by atoms with Gasteiger partial charge in [-0.2, -0.15) is 0 Å². The van der Waals surface area contributed by atoms with Crippen LogP contribution in [-0.4, -0.2) is 35.1 Å². The van der Waals surface area contributed by atoms with Crippen LogP contribution in [0.4, 0.5) is 8.78 Å². The van der Waals surface area contributed by atoms with Gasteiger partial charge in [0.1, 0.15) is 24.3 Å². The second-order valence-corrected chi connectivity index (χ2v) is 10.4. The highest BCUT2D eigenvalue weighted by Crippen LogP contribution is 2.32. The number of hydrogen-bond donors (Lipinski definition) is 1. The quantitative estimate of drug-likeness (QED) is 0.341. The van der Waals surface area contributed by atoms with Gasteiger partial charge in [0.25, 0.3) is 0 Å². The van der Waals surface area contributed by atoms with Crippen molar-refractivity contribution in [2.24, 2.45) is 0 Å². The lowest BCUT2D eigenvalue weighted by atomic mass is 10.1. The summed E-state index contributed by atoms with van der Waals surface area (Å²) in [5.74, 6) is -1.78. The Morgan fingerprint density at radius 2 is 1.78 bits per heavy atom. The Labute approximate surface area is 210 Å². The maximum absolute atomic E-state index is 15.1. The van der Waals surface area contributed by atoms with Gasteiger partial charge in [-0.3, -0.25) is 9.78 Å². The Bertz CT molecular complexity index is 1700. The van der Waals surface area contributed by atoms with Crippen LogP contribution >= 0.6 is 0 Å². The van der Waals surface area contributed by atoms with E-state index in [1.165, 1.54) is 41.3 Å². The zero-order valence-electron chi connectivity index (χ0n) is 19.5. The van der Waals surface area contributed by atoms with Crippen molar-refractivity contribution >= 4 is 26.6 Å². The fourth-order valence-corrected chi connectivity index (χ4v) is 4.61. The fourth-order valence-electron chi connectivity index (χ4n) is 3.98. The molecule has 0 aliphatic heterocycles. The Morgan fingerprint density at radius 3 is 2.43 bits per heavy atom. The van der Waals surface area contributed by atoms with E-state index in [0.29, 0.717) is 11.2 Å². The summed E-state index contributed by atoms with van der Waals surface area (Å²) in [5, 5.41) is 2.77. The van der Waals surface area contributed by atoms with Gasteiger partial charge in [0.05, 0.1) is 28.8 Å². The summed E-state index contributed by atoms with van der Waals surface area (Å²) in [4.78, 5) is 21.3. The van der Waals surface area contributed by atoms with Crippen molar-refractivity contribution in [1.29, 1.82) is 0 Å². The van der Waals surface area contributed by atoms with Crippen LogP contribution in [0.25, 0.3) is 33.6 Å². The Kier molecular flexibility index (Phi) is 6.30. The van der Waals surface area contributed by atoms with Crippen LogP contribution < -0.4 is 5.32 Å². The number of aromatic nitrogens is 3. The van der Waals surface area contributed by atoms with Crippen molar-refractivity contribution < 1.29 is 26.4 Å². The maximum Gasteiger partial charge on any atom is 0.246 e. The smallest absolute Gasteiger partial charge is 0.246 e. The molecule has 0 spiro atoms. The number of sulfone groups is 1. The number of pyridine rings is 1. The lowest BCUT2D eigenvalue weighted by Gasteiger charge is -2.10. The number of oxazole rings is 1. The molecule has 0 saturated heterocycles. The zero-order valence-corrected chi connectivity index (χ0v) is 20.3. The number of fused-ring (bicyclic) bond motifs is 1. The average Bonchev–Trinajstić information content (AvgIpc) is 3.49. The third kappa shape index (κ3) is 4.98. The third-order valence-corrected chi connectivity index (χ3v) is 6.94. The van der Waals surface area contributed by atoms with Crippen molar-refractivity contribution in [2.75, 3.05) is 6.26 Å². The number of carbonyl (C=O) groups is 1. The van der Waals surface area contributed by atoms with Gasteiger partial charge in [-0.15, -0.1) is 0 Å². The molecular weight excluding hydrogens is 502 g/mol. The average molecular weight is 523 g/mol. The Balaban J connectivity index is 1.31. The number of nitrogens with zero attached hydrogens (tertiary/aromatic N) is 3. The first kappa shape index (κ1) is 24.3. The number of benzene rings is 2. The minimum Gasteiger partial charge on any atom is -0.443 e. The van der Waals surface area contributed by atoms with Gasteiger partial charge in [-0.1, -0.05) is 18.2 Å². The van der Waals surface area contributed by atoms with E-state index in [-0.39, 0.29) is 35.0 Å². The summed E-state index contributed by atoms with van der Waals surface area (Å²) in [6, 6.07) is 13.7. The van der Waals surface area contributed by atoms with E-state index in [9.17, 15) is 17.6 Å². The summed E-state index contributed by atoms with van der Waals surface area (Å²) in [7, 11) is -3.28. The molecule has 0 saturated carbocycles. The van der Waals surface area contributed by atoms with Gasteiger partial charge in [0, 0.05) is 23.4 Å². The molecule has 5 rings (SSSR count). The third-order valence-electron chi connectivity index (χ3n) is 5.81. The summed E-state index contributed by atoms with van der Waals surface area (Å²) in [6.45, 7) is -0.134. The van der Waals surface area contributed by atoms with E-state index < -0.39 is 27.4 Å². The molecule has 0 atom stereocenters. The van der Waals surface area contributed by atoms with Crippen molar-refractivity contribution in [2.45, 2.75) is 18.0 Å². The lowest BCUT2D eigenvalue weighted by Crippen LogP contribution is -2.27. The molecule has 8 nitrogen and oxygen atoms in total. The Morgan fingerprint density at radius 1 is 1.03 bits per heavy atom. The predicted molar refractivity (Wildman–Crippen MR) is 132 cm³/mol. The second-order valence-electron chi connectivity index (χ2n) is 8.36. The molecule has 37 heavy (non-hydrogen) atoms.